The van der Waals surface area contributed by atoms with E-state index in [-0.39, 0.29) is 21.4 Å². The van der Waals surface area contributed by atoms with Crippen LogP contribution >= 0.6 is 22.6 Å². The number of rotatable bonds is 10. The second kappa shape index (κ2) is 12.0. The molecule has 9 nitrogen and oxygen atoms in total. The van der Waals surface area contributed by atoms with Crippen LogP contribution < -0.4 is 20.1 Å². The summed E-state index contributed by atoms with van der Waals surface area (Å²) < 4.78 is 87.3. The number of hydrogen-bond acceptors (Lipinski definition) is 6. The molecule has 1 amide bonds. The average Bonchev–Trinajstić information content (AvgIpc) is 2.87. The molecule has 0 spiro atoms. The van der Waals surface area contributed by atoms with Gasteiger partial charge in [-0.15, -0.1) is 6.58 Å². The van der Waals surface area contributed by atoms with Gasteiger partial charge in [0.15, 0.2) is 23.3 Å². The summed E-state index contributed by atoms with van der Waals surface area (Å²) in [4.78, 5) is 16.4. The van der Waals surface area contributed by atoms with Crippen LogP contribution in [0.4, 0.5) is 34.8 Å². The monoisotopic (exact) mass is 665 g/mol. The Morgan fingerprint density at radius 1 is 1.13 bits per heavy atom. The Morgan fingerprint density at radius 3 is 2.50 bits per heavy atom. The van der Waals surface area contributed by atoms with E-state index in [1.54, 1.807) is 22.6 Å². The van der Waals surface area contributed by atoms with E-state index in [4.69, 9.17) is 0 Å². The summed E-state index contributed by atoms with van der Waals surface area (Å²) in [5.74, 6) is -7.03. The molecule has 0 aliphatic heterocycles. The third-order valence-electron chi connectivity index (χ3n) is 5.08. The molecule has 0 aliphatic rings. The van der Waals surface area contributed by atoms with Crippen molar-refractivity contribution >= 4 is 55.9 Å². The second-order valence-corrected chi connectivity index (χ2v) is 10.4. The zero-order valence-corrected chi connectivity index (χ0v) is 22.5. The van der Waals surface area contributed by atoms with Crippen LogP contribution in [0.5, 0.6) is 5.75 Å². The van der Waals surface area contributed by atoms with Crippen molar-refractivity contribution in [2.75, 3.05) is 23.6 Å². The number of phenols is 1. The number of pyridine rings is 1. The summed E-state index contributed by atoms with van der Waals surface area (Å²) in [5.41, 5.74) is -2.35. The molecule has 0 fully saturated rings. The molecule has 15 heteroatoms. The Morgan fingerprint density at radius 2 is 1.84 bits per heavy atom. The molecular weight excluding hydrogens is 645 g/mol. The molecule has 202 valence electrons. The second-order valence-electron chi connectivity index (χ2n) is 7.61. The van der Waals surface area contributed by atoms with E-state index >= 15 is 8.78 Å². The molecule has 0 radical (unpaired) electrons. The molecule has 2 aromatic carbocycles. The largest absolute Gasteiger partial charge is 0.507 e. The highest BCUT2D eigenvalue weighted by atomic mass is 127. The van der Waals surface area contributed by atoms with Crippen LogP contribution in [-0.2, 0) is 16.6 Å². The minimum absolute atomic E-state index is 0.0424. The number of halogens is 5. The lowest BCUT2D eigenvalue weighted by atomic mass is 9.99. The number of phenolic OH excluding ortho intramolecular Hbond substituents is 1. The number of carbonyl (C=O) groups excluding carboxylic acids is 1. The van der Waals surface area contributed by atoms with Crippen LogP contribution in [0.1, 0.15) is 21.5 Å². The highest BCUT2D eigenvalue weighted by Gasteiger charge is 2.25. The number of benzene rings is 2. The predicted octanol–water partition coefficient (Wildman–Crippen LogP) is 4.07. The Kier molecular flexibility index (Phi) is 9.16. The molecule has 1 heterocycles. The zero-order valence-electron chi connectivity index (χ0n) is 19.5. The lowest BCUT2D eigenvalue weighted by Gasteiger charge is -2.17. The number of nitrogens with one attached hydrogen (secondary N) is 4. The van der Waals surface area contributed by atoms with Crippen LogP contribution in [-0.4, -0.2) is 38.0 Å². The summed E-state index contributed by atoms with van der Waals surface area (Å²) >= 11 is 1.67. The maximum absolute atomic E-state index is 15.3. The lowest BCUT2D eigenvalue weighted by Crippen LogP contribution is -2.27. The molecule has 1 aromatic heterocycles. The van der Waals surface area contributed by atoms with Crippen molar-refractivity contribution < 1.29 is 35.9 Å². The number of aromatic hydroxyl groups is 1. The molecule has 0 saturated carbocycles. The van der Waals surface area contributed by atoms with E-state index in [0.717, 1.165) is 37.5 Å². The van der Waals surface area contributed by atoms with Gasteiger partial charge < -0.3 is 15.7 Å². The molecule has 0 unspecified atom stereocenters. The average molecular weight is 665 g/mol. The highest BCUT2D eigenvalue weighted by molar-refractivity contribution is 14.1. The number of amides is 1. The van der Waals surface area contributed by atoms with E-state index in [1.165, 1.54) is 6.08 Å². The number of carbonyl (C=O) groups is 1. The van der Waals surface area contributed by atoms with Gasteiger partial charge in [-0.25, -0.2) is 27.3 Å². The van der Waals surface area contributed by atoms with Gasteiger partial charge in [0.05, 0.1) is 20.5 Å². The lowest BCUT2D eigenvalue weighted by molar-refractivity contribution is 0.0958. The summed E-state index contributed by atoms with van der Waals surface area (Å²) in [7, 11) is -3.04. The fourth-order valence-corrected chi connectivity index (χ4v) is 4.14. The highest BCUT2D eigenvalue weighted by Crippen LogP contribution is 2.34. The van der Waals surface area contributed by atoms with Crippen molar-refractivity contribution in [1.29, 1.82) is 0 Å². The normalized spacial score (nSPS) is 11.2. The first-order chi connectivity index (χ1) is 17.9. The van der Waals surface area contributed by atoms with Crippen LogP contribution in [0.15, 0.2) is 43.1 Å². The minimum atomic E-state index is -4.13. The van der Waals surface area contributed by atoms with Gasteiger partial charge in [-0.3, -0.25) is 9.52 Å². The van der Waals surface area contributed by atoms with E-state index < -0.39 is 74.1 Å². The van der Waals surface area contributed by atoms with E-state index in [1.807, 2.05) is 9.44 Å². The first-order valence-corrected chi connectivity index (χ1v) is 13.1. The van der Waals surface area contributed by atoms with E-state index in [2.05, 4.69) is 22.2 Å². The quantitative estimate of drug-likeness (QED) is 0.126. The predicted molar refractivity (Wildman–Crippen MR) is 142 cm³/mol. The Bertz CT molecular complexity index is 1520. The van der Waals surface area contributed by atoms with Crippen molar-refractivity contribution in [3.8, 4) is 5.75 Å². The first-order valence-electron chi connectivity index (χ1n) is 10.6. The summed E-state index contributed by atoms with van der Waals surface area (Å²) in [6, 6.07) is 3.95. The standard InChI is InChI=1S/C23H20F4IN5O4S/c1-3-5-31-23(35)13-8-12(7-11-4-6-30-22(19(11)26)33-38(36,37)29-2)18(25)20(27)21(13)32-16-10-17(34)15(28)9-14(16)24/h3-4,6,8-10,29,32,34H,1,5,7H2,2H3,(H,30,33)(H,31,35). The van der Waals surface area contributed by atoms with E-state index in [0.29, 0.717) is 0 Å². The van der Waals surface area contributed by atoms with Gasteiger partial charge in [-0.05, 0) is 51.9 Å². The molecular formula is C23H20F4IN5O4S. The maximum atomic E-state index is 15.3. The Hall–Kier alpha value is -3.44. The fourth-order valence-electron chi connectivity index (χ4n) is 3.21. The Balaban J connectivity index is 2.11. The molecule has 3 rings (SSSR count). The van der Waals surface area contributed by atoms with Gasteiger partial charge in [-0.1, -0.05) is 6.08 Å². The first kappa shape index (κ1) is 29.1. The van der Waals surface area contributed by atoms with Gasteiger partial charge in [-0.2, -0.15) is 8.42 Å². The molecule has 0 saturated heterocycles. The molecule has 5 N–H and O–H groups in total. The molecule has 0 bridgehead atoms. The Labute approximate surface area is 228 Å². The SMILES string of the molecule is C=CCNC(=O)c1cc(Cc2ccnc(NS(=O)(=O)NC)c2F)c(F)c(F)c1Nc1cc(O)c(I)cc1F. The van der Waals surface area contributed by atoms with Crippen LogP contribution in [0.25, 0.3) is 0 Å². The smallest absolute Gasteiger partial charge is 0.300 e. The van der Waals surface area contributed by atoms with Gasteiger partial charge in [0, 0.05) is 32.3 Å². The molecule has 0 aliphatic carbocycles. The topological polar surface area (TPSA) is 132 Å². The number of nitrogens with zero attached hydrogens (tertiary/aromatic N) is 1. The summed E-state index contributed by atoms with van der Waals surface area (Å²) in [6.07, 6.45) is 1.79. The number of hydrogen-bond donors (Lipinski definition) is 5. The van der Waals surface area contributed by atoms with Crippen molar-refractivity contribution in [3.63, 3.8) is 0 Å². The van der Waals surface area contributed by atoms with Gasteiger partial charge >= 0.3 is 0 Å². The molecule has 38 heavy (non-hydrogen) atoms. The third-order valence-corrected chi connectivity index (χ3v) is 6.94. The number of anilines is 3. The minimum Gasteiger partial charge on any atom is -0.507 e. The molecule has 0 atom stereocenters. The summed E-state index contributed by atoms with van der Waals surface area (Å²) in [6.45, 7) is 3.41. The number of aromatic nitrogens is 1. The van der Waals surface area contributed by atoms with Crippen molar-refractivity contribution in [2.24, 2.45) is 0 Å². The fraction of sp³-hybridized carbons (Fsp3) is 0.130. The summed E-state index contributed by atoms with van der Waals surface area (Å²) in [5, 5.41) is 14.6. The van der Waals surface area contributed by atoms with Crippen molar-refractivity contribution in [3.05, 3.63) is 86.6 Å². The zero-order chi connectivity index (χ0) is 28.2. The van der Waals surface area contributed by atoms with Gasteiger partial charge in [0.1, 0.15) is 11.6 Å². The van der Waals surface area contributed by atoms with Gasteiger partial charge in [0.25, 0.3) is 16.1 Å². The van der Waals surface area contributed by atoms with Crippen LogP contribution in [0.2, 0.25) is 0 Å². The van der Waals surface area contributed by atoms with Crippen LogP contribution in [0.3, 0.4) is 0 Å². The van der Waals surface area contributed by atoms with Crippen LogP contribution in [0, 0.1) is 26.8 Å². The molecule has 3 aromatic rings. The van der Waals surface area contributed by atoms with Crippen molar-refractivity contribution in [1.82, 2.24) is 15.0 Å². The van der Waals surface area contributed by atoms with Crippen molar-refractivity contribution in [2.45, 2.75) is 6.42 Å². The van der Waals surface area contributed by atoms with Gasteiger partial charge in [0.2, 0.25) is 0 Å². The maximum Gasteiger partial charge on any atom is 0.300 e. The van der Waals surface area contributed by atoms with E-state index in [9.17, 15) is 27.1 Å². The third kappa shape index (κ3) is 6.51.